The first-order valence-electron chi connectivity index (χ1n) is 10.6. The first kappa shape index (κ1) is 24.9. The Balaban J connectivity index is 1.66. The van der Waals surface area contributed by atoms with E-state index >= 15 is 0 Å². The molecule has 2 heterocycles. The van der Waals surface area contributed by atoms with Gasteiger partial charge in [-0.3, -0.25) is 0 Å². The zero-order valence-corrected chi connectivity index (χ0v) is 19.2. The van der Waals surface area contributed by atoms with Crippen molar-refractivity contribution in [3.63, 3.8) is 0 Å². The summed E-state index contributed by atoms with van der Waals surface area (Å²) in [7, 11) is 0. The van der Waals surface area contributed by atoms with E-state index in [1.54, 1.807) is 19.1 Å². The third-order valence-corrected chi connectivity index (χ3v) is 5.09. The molecular formula is C24H19F4N3O5. The molecular weight excluding hydrogens is 486 g/mol. The van der Waals surface area contributed by atoms with E-state index in [2.05, 4.69) is 15.0 Å². The summed E-state index contributed by atoms with van der Waals surface area (Å²) in [6, 6.07) is 5.34. The Hall–Kier alpha value is -4.22. The number of ether oxygens (including phenoxy) is 2. The van der Waals surface area contributed by atoms with Gasteiger partial charge in [0.25, 0.3) is 5.71 Å². The summed E-state index contributed by atoms with van der Waals surface area (Å²) in [6.45, 7) is 5.12. The number of fused-ring (bicyclic) bond motifs is 1. The van der Waals surface area contributed by atoms with Gasteiger partial charge in [-0.25, -0.2) is 19.2 Å². The van der Waals surface area contributed by atoms with Crippen molar-refractivity contribution in [3.8, 4) is 29.0 Å². The standard InChI is InChI=1S/C24H19F4N3O5/c1-11(2)15-7-13(6-12(3)20(15)34-10-19(32)33)21-30-18-9-29-23(31-22(18)36-21)35-14-4-5-17(25)16(8-14)24(26,27)28/h4-9,11H,10H2,1-3H3,(H,32,33). The zero-order valence-electron chi connectivity index (χ0n) is 19.2. The summed E-state index contributed by atoms with van der Waals surface area (Å²) in [4.78, 5) is 23.3. The maximum atomic E-state index is 13.5. The average molecular weight is 505 g/mol. The Morgan fingerprint density at radius 2 is 1.92 bits per heavy atom. The van der Waals surface area contributed by atoms with E-state index in [1.165, 1.54) is 6.20 Å². The number of alkyl halides is 3. The van der Waals surface area contributed by atoms with Crippen LogP contribution < -0.4 is 9.47 Å². The maximum Gasteiger partial charge on any atom is 0.419 e. The molecule has 0 radical (unpaired) electrons. The summed E-state index contributed by atoms with van der Waals surface area (Å²) >= 11 is 0. The quantitative estimate of drug-likeness (QED) is 0.299. The Bertz CT molecular complexity index is 1450. The number of carboxylic acid groups (broad SMARTS) is 1. The predicted octanol–water partition coefficient (Wildman–Crippen LogP) is 6.13. The van der Waals surface area contributed by atoms with Gasteiger partial charge in [0.1, 0.15) is 22.8 Å². The molecule has 0 amide bonds. The number of carbonyl (C=O) groups is 1. The minimum atomic E-state index is -4.89. The molecule has 188 valence electrons. The normalized spacial score (nSPS) is 11.8. The van der Waals surface area contributed by atoms with Gasteiger partial charge in [-0.05, 0) is 54.3 Å². The van der Waals surface area contributed by atoms with Gasteiger partial charge in [0, 0.05) is 5.56 Å². The van der Waals surface area contributed by atoms with Crippen molar-refractivity contribution in [1.82, 2.24) is 15.0 Å². The molecule has 0 fully saturated rings. The van der Waals surface area contributed by atoms with Crippen molar-refractivity contribution >= 4 is 17.2 Å². The van der Waals surface area contributed by atoms with Gasteiger partial charge < -0.3 is 19.0 Å². The molecule has 4 rings (SSSR count). The molecule has 2 aromatic carbocycles. The third-order valence-electron chi connectivity index (χ3n) is 5.09. The number of hydrogen-bond donors (Lipinski definition) is 1. The van der Waals surface area contributed by atoms with E-state index in [-0.39, 0.29) is 34.8 Å². The molecule has 2 aromatic heterocycles. The molecule has 0 spiro atoms. The number of benzene rings is 2. The number of aryl methyl sites for hydroxylation is 1. The number of hydrogen-bond acceptors (Lipinski definition) is 7. The smallest absolute Gasteiger partial charge is 0.419 e. The summed E-state index contributed by atoms with van der Waals surface area (Å²) in [5.74, 6) is -2.20. The minimum Gasteiger partial charge on any atom is -0.481 e. The van der Waals surface area contributed by atoms with Gasteiger partial charge >= 0.3 is 18.2 Å². The Morgan fingerprint density at radius 3 is 2.58 bits per heavy atom. The molecule has 0 saturated heterocycles. The number of nitrogens with zero attached hydrogens (tertiary/aromatic N) is 3. The molecule has 0 aliphatic heterocycles. The first-order valence-corrected chi connectivity index (χ1v) is 10.6. The summed E-state index contributed by atoms with van der Waals surface area (Å²) in [5, 5.41) is 8.95. The average Bonchev–Trinajstić information content (AvgIpc) is 3.21. The monoisotopic (exact) mass is 505 g/mol. The highest BCUT2D eigenvalue weighted by molar-refractivity contribution is 5.73. The van der Waals surface area contributed by atoms with Gasteiger partial charge in [-0.2, -0.15) is 18.2 Å². The van der Waals surface area contributed by atoms with Gasteiger partial charge in [0.05, 0.1) is 11.8 Å². The molecule has 8 nitrogen and oxygen atoms in total. The number of halogens is 4. The van der Waals surface area contributed by atoms with Crippen LogP contribution in [0.15, 0.2) is 40.9 Å². The van der Waals surface area contributed by atoms with Gasteiger partial charge in [-0.15, -0.1) is 0 Å². The molecule has 0 bridgehead atoms. The lowest BCUT2D eigenvalue weighted by Gasteiger charge is -2.16. The minimum absolute atomic E-state index is 0.00563. The lowest BCUT2D eigenvalue weighted by molar-refractivity contribution is -0.140. The van der Waals surface area contributed by atoms with Crippen LogP contribution in [0.25, 0.3) is 22.7 Å². The molecule has 4 aromatic rings. The van der Waals surface area contributed by atoms with Crippen LogP contribution in [-0.4, -0.2) is 32.6 Å². The van der Waals surface area contributed by atoms with Crippen LogP contribution >= 0.6 is 0 Å². The molecule has 0 aliphatic rings. The predicted molar refractivity (Wildman–Crippen MR) is 118 cm³/mol. The van der Waals surface area contributed by atoms with Crippen molar-refractivity contribution in [2.24, 2.45) is 0 Å². The summed E-state index contributed by atoms with van der Waals surface area (Å²) < 4.78 is 68.9. The van der Waals surface area contributed by atoms with Gasteiger partial charge in [0.2, 0.25) is 5.89 Å². The van der Waals surface area contributed by atoms with Crippen LogP contribution in [0.1, 0.15) is 36.5 Å². The number of rotatable bonds is 7. The fourth-order valence-corrected chi connectivity index (χ4v) is 3.47. The van der Waals surface area contributed by atoms with E-state index < -0.39 is 30.1 Å². The topological polar surface area (TPSA) is 108 Å². The molecule has 1 N–H and O–H groups in total. The van der Waals surface area contributed by atoms with E-state index in [0.29, 0.717) is 29.0 Å². The number of aliphatic carboxylic acids is 1. The van der Waals surface area contributed by atoms with Crippen molar-refractivity contribution in [2.45, 2.75) is 32.9 Å². The fraction of sp³-hybridized carbons (Fsp3) is 0.250. The number of aromatic nitrogens is 3. The molecule has 12 heteroatoms. The highest BCUT2D eigenvalue weighted by Gasteiger charge is 2.34. The van der Waals surface area contributed by atoms with Crippen LogP contribution in [0.4, 0.5) is 17.6 Å². The van der Waals surface area contributed by atoms with Crippen LogP contribution in [0, 0.1) is 12.7 Å². The Morgan fingerprint density at radius 1 is 1.17 bits per heavy atom. The SMILES string of the molecule is Cc1cc(-c2nc3cnc(Oc4ccc(F)c(C(F)(F)F)c4)nc3o2)cc(C(C)C)c1OCC(=O)O. The third kappa shape index (κ3) is 5.21. The van der Waals surface area contributed by atoms with Crippen molar-refractivity contribution in [2.75, 3.05) is 6.61 Å². The second-order valence-corrected chi connectivity index (χ2v) is 8.15. The molecule has 0 aliphatic carbocycles. The van der Waals surface area contributed by atoms with Crippen LogP contribution in [0.3, 0.4) is 0 Å². The van der Waals surface area contributed by atoms with Crippen molar-refractivity contribution in [3.05, 3.63) is 59.0 Å². The highest BCUT2D eigenvalue weighted by atomic mass is 19.4. The van der Waals surface area contributed by atoms with Crippen LogP contribution in [-0.2, 0) is 11.0 Å². The molecule has 0 saturated carbocycles. The van der Waals surface area contributed by atoms with Crippen LogP contribution in [0.5, 0.6) is 17.5 Å². The molecule has 0 unspecified atom stereocenters. The van der Waals surface area contributed by atoms with Gasteiger partial charge in [0.15, 0.2) is 6.61 Å². The second-order valence-electron chi connectivity index (χ2n) is 8.15. The summed E-state index contributed by atoms with van der Waals surface area (Å²) in [5.41, 5.74) is 0.806. The second kappa shape index (κ2) is 9.44. The lowest BCUT2D eigenvalue weighted by atomic mass is 9.96. The van der Waals surface area contributed by atoms with Crippen molar-refractivity contribution in [1.29, 1.82) is 0 Å². The highest BCUT2D eigenvalue weighted by Crippen LogP contribution is 2.37. The zero-order chi connectivity index (χ0) is 26.2. The van der Waals surface area contributed by atoms with E-state index in [4.69, 9.17) is 19.0 Å². The molecule has 0 atom stereocenters. The Kier molecular flexibility index (Phi) is 6.53. The maximum absolute atomic E-state index is 13.5. The Labute approximate surface area is 201 Å². The molecule has 36 heavy (non-hydrogen) atoms. The first-order chi connectivity index (χ1) is 16.9. The number of carboxylic acids is 1. The van der Waals surface area contributed by atoms with E-state index in [1.807, 2.05) is 13.8 Å². The van der Waals surface area contributed by atoms with Gasteiger partial charge in [-0.1, -0.05) is 13.8 Å². The number of oxazole rings is 1. The largest absolute Gasteiger partial charge is 0.481 e. The van der Waals surface area contributed by atoms with E-state index in [9.17, 15) is 22.4 Å². The van der Waals surface area contributed by atoms with Crippen molar-refractivity contribution < 1.29 is 41.4 Å². The lowest BCUT2D eigenvalue weighted by Crippen LogP contribution is -2.12. The summed E-state index contributed by atoms with van der Waals surface area (Å²) in [6.07, 6.45) is -3.62. The van der Waals surface area contributed by atoms with E-state index in [0.717, 1.165) is 11.6 Å². The fourth-order valence-electron chi connectivity index (χ4n) is 3.47. The van der Waals surface area contributed by atoms with Crippen LogP contribution in [0.2, 0.25) is 0 Å².